The summed E-state index contributed by atoms with van der Waals surface area (Å²) in [5.41, 5.74) is 2.71. The molecule has 3 aromatic rings. The van der Waals surface area contributed by atoms with Crippen molar-refractivity contribution in [3.05, 3.63) is 35.4 Å². The average Bonchev–Trinajstić information content (AvgIpc) is 3.06. The van der Waals surface area contributed by atoms with Crippen LogP contribution >= 0.6 is 0 Å². The molecule has 146 valence electrons. The predicted molar refractivity (Wildman–Crippen MR) is 110 cm³/mol. The molecule has 1 atom stereocenters. The maximum absolute atomic E-state index is 11.0. The van der Waals surface area contributed by atoms with Crippen LogP contribution in [0.3, 0.4) is 0 Å². The average molecular weight is 379 g/mol. The highest BCUT2D eigenvalue weighted by atomic mass is 16.5. The van der Waals surface area contributed by atoms with Gasteiger partial charge < -0.3 is 19.7 Å². The third-order valence-electron chi connectivity index (χ3n) is 6.78. The first-order valence-corrected chi connectivity index (χ1v) is 9.76. The van der Waals surface area contributed by atoms with Gasteiger partial charge in [0.05, 0.1) is 14.2 Å². The van der Waals surface area contributed by atoms with E-state index in [0.717, 1.165) is 41.1 Å². The van der Waals surface area contributed by atoms with Crippen LogP contribution in [0.25, 0.3) is 21.5 Å². The van der Waals surface area contributed by atoms with Gasteiger partial charge in [-0.25, -0.2) is 0 Å². The highest BCUT2D eigenvalue weighted by molar-refractivity contribution is 6.15. The van der Waals surface area contributed by atoms with Gasteiger partial charge in [0.1, 0.15) is 0 Å². The fourth-order valence-corrected chi connectivity index (χ4v) is 5.28. The smallest absolute Gasteiger partial charge is 0.166 e. The Hall–Kier alpha value is -2.66. The van der Waals surface area contributed by atoms with Crippen LogP contribution in [0.15, 0.2) is 24.3 Å². The summed E-state index contributed by atoms with van der Waals surface area (Å²) >= 11 is 0. The summed E-state index contributed by atoms with van der Waals surface area (Å²) in [6.45, 7) is 4.33. The molecule has 0 bridgehead atoms. The van der Waals surface area contributed by atoms with Crippen LogP contribution in [0.2, 0.25) is 0 Å². The lowest BCUT2D eigenvalue weighted by atomic mass is 9.79. The Labute approximate surface area is 164 Å². The molecule has 0 aromatic heterocycles. The van der Waals surface area contributed by atoms with Gasteiger partial charge in [0, 0.05) is 17.5 Å². The molecule has 5 heteroatoms. The summed E-state index contributed by atoms with van der Waals surface area (Å²) in [5.74, 6) is 1.08. The number of rotatable bonds is 2. The molecule has 2 heterocycles. The fraction of sp³-hybridized carbons (Fsp3) is 0.391. The van der Waals surface area contributed by atoms with E-state index in [-0.39, 0.29) is 17.0 Å². The van der Waals surface area contributed by atoms with Crippen molar-refractivity contribution in [3.63, 3.8) is 0 Å². The van der Waals surface area contributed by atoms with E-state index in [9.17, 15) is 10.2 Å². The number of hydrogen-bond donors (Lipinski definition) is 2. The molecule has 1 fully saturated rings. The maximum atomic E-state index is 11.0. The molecular weight excluding hydrogens is 354 g/mol. The Balaban J connectivity index is 1.94. The lowest BCUT2D eigenvalue weighted by molar-refractivity contribution is 0.134. The zero-order valence-corrected chi connectivity index (χ0v) is 16.5. The lowest BCUT2D eigenvalue weighted by Crippen LogP contribution is -2.46. The van der Waals surface area contributed by atoms with Crippen molar-refractivity contribution < 1.29 is 19.7 Å². The normalized spacial score (nSPS) is 21.7. The van der Waals surface area contributed by atoms with Gasteiger partial charge in [-0.2, -0.15) is 0 Å². The fourth-order valence-electron chi connectivity index (χ4n) is 5.28. The number of aromatic hydroxyl groups is 2. The van der Waals surface area contributed by atoms with E-state index in [2.05, 4.69) is 11.8 Å². The van der Waals surface area contributed by atoms with Crippen molar-refractivity contribution in [1.29, 1.82) is 0 Å². The molecule has 5 nitrogen and oxygen atoms in total. The Bertz CT molecular complexity index is 1120. The minimum atomic E-state index is 0.0697. The van der Waals surface area contributed by atoms with E-state index in [1.165, 1.54) is 24.0 Å². The predicted octanol–water partition coefficient (Wildman–Crippen LogP) is 4.33. The van der Waals surface area contributed by atoms with Gasteiger partial charge >= 0.3 is 0 Å². The quantitative estimate of drug-likeness (QED) is 0.649. The van der Waals surface area contributed by atoms with Crippen molar-refractivity contribution in [3.8, 4) is 23.0 Å². The molecule has 2 N–H and O–H groups in total. The standard InChI is InChI=1S/C23H25NO4/c1-23-7-4-8-24(23)12-17-14-10-20(28-3)18(25)9-15(14)21-13(16(17)11-23)5-6-19(27-2)22(21)26/h5-6,9-10,25-26H,4,7-8,11-12H2,1-3H3. The van der Waals surface area contributed by atoms with Crippen LogP contribution in [0.1, 0.15) is 30.9 Å². The van der Waals surface area contributed by atoms with E-state index in [1.807, 2.05) is 18.2 Å². The SMILES string of the molecule is COc1cc2c3c(c4ccc(OC)c(O)c4c2cc1O)CC1(C)CCCN1C3. The van der Waals surface area contributed by atoms with Crippen LogP contribution in [0, 0.1) is 0 Å². The first kappa shape index (κ1) is 17.4. The Morgan fingerprint density at radius 3 is 2.50 bits per heavy atom. The molecule has 0 saturated carbocycles. The minimum absolute atomic E-state index is 0.0697. The molecule has 0 aliphatic carbocycles. The van der Waals surface area contributed by atoms with Crippen LogP contribution < -0.4 is 9.47 Å². The van der Waals surface area contributed by atoms with Crippen LogP contribution in [0.4, 0.5) is 0 Å². The van der Waals surface area contributed by atoms with Crippen LogP contribution in [0.5, 0.6) is 23.0 Å². The third-order valence-corrected chi connectivity index (χ3v) is 6.78. The van der Waals surface area contributed by atoms with E-state index in [1.54, 1.807) is 20.3 Å². The summed E-state index contributed by atoms with van der Waals surface area (Å²) in [5, 5.41) is 25.0. The van der Waals surface area contributed by atoms with Gasteiger partial charge in [0.2, 0.25) is 0 Å². The summed E-state index contributed by atoms with van der Waals surface area (Å²) in [6.07, 6.45) is 3.35. The van der Waals surface area contributed by atoms with E-state index in [0.29, 0.717) is 11.5 Å². The number of phenolic OH excluding ortho intramolecular Hbond substituents is 2. The van der Waals surface area contributed by atoms with Gasteiger partial charge in [0.25, 0.3) is 0 Å². The van der Waals surface area contributed by atoms with Gasteiger partial charge in [-0.1, -0.05) is 6.07 Å². The van der Waals surface area contributed by atoms with E-state index >= 15 is 0 Å². The van der Waals surface area contributed by atoms with Gasteiger partial charge in [-0.05, 0) is 78.2 Å². The second-order valence-corrected chi connectivity index (χ2v) is 8.26. The topological polar surface area (TPSA) is 62.2 Å². The number of methoxy groups -OCH3 is 2. The Kier molecular flexibility index (Phi) is 3.68. The summed E-state index contributed by atoms with van der Waals surface area (Å²) in [7, 11) is 3.12. The van der Waals surface area contributed by atoms with Gasteiger partial charge in [0.15, 0.2) is 23.0 Å². The first-order chi connectivity index (χ1) is 13.5. The van der Waals surface area contributed by atoms with Crippen molar-refractivity contribution in [2.75, 3.05) is 20.8 Å². The van der Waals surface area contributed by atoms with Gasteiger partial charge in [-0.15, -0.1) is 0 Å². The van der Waals surface area contributed by atoms with E-state index in [4.69, 9.17) is 9.47 Å². The molecule has 3 aromatic carbocycles. The number of ether oxygens (including phenoxy) is 2. The molecule has 2 aliphatic rings. The minimum Gasteiger partial charge on any atom is -0.504 e. The third kappa shape index (κ3) is 2.23. The van der Waals surface area contributed by atoms with Gasteiger partial charge in [-0.3, -0.25) is 4.90 Å². The summed E-state index contributed by atoms with van der Waals surface area (Å²) < 4.78 is 10.8. The molecular formula is C23H25NO4. The molecule has 2 aliphatic heterocycles. The molecule has 0 amide bonds. The van der Waals surface area contributed by atoms with Crippen molar-refractivity contribution in [2.24, 2.45) is 0 Å². The molecule has 0 radical (unpaired) electrons. The zero-order chi connectivity index (χ0) is 19.6. The van der Waals surface area contributed by atoms with Crippen LogP contribution in [-0.2, 0) is 13.0 Å². The second kappa shape index (κ2) is 5.92. The van der Waals surface area contributed by atoms with Crippen molar-refractivity contribution in [1.82, 2.24) is 4.90 Å². The summed E-state index contributed by atoms with van der Waals surface area (Å²) in [6, 6.07) is 7.48. The number of nitrogens with zero attached hydrogens (tertiary/aromatic N) is 1. The Morgan fingerprint density at radius 1 is 0.964 bits per heavy atom. The largest absolute Gasteiger partial charge is 0.504 e. The Morgan fingerprint density at radius 2 is 1.75 bits per heavy atom. The molecule has 5 rings (SSSR count). The molecule has 0 spiro atoms. The monoisotopic (exact) mass is 379 g/mol. The maximum Gasteiger partial charge on any atom is 0.166 e. The number of hydrogen-bond acceptors (Lipinski definition) is 5. The van der Waals surface area contributed by atoms with E-state index < -0.39 is 0 Å². The van der Waals surface area contributed by atoms with Crippen molar-refractivity contribution >= 4 is 21.5 Å². The molecule has 1 saturated heterocycles. The number of fused-ring (bicyclic) bond motifs is 7. The highest BCUT2D eigenvalue weighted by Crippen LogP contribution is 2.49. The van der Waals surface area contributed by atoms with Crippen molar-refractivity contribution in [2.45, 2.75) is 38.3 Å². The number of phenols is 2. The molecule has 1 unspecified atom stereocenters. The first-order valence-electron chi connectivity index (χ1n) is 9.76. The summed E-state index contributed by atoms with van der Waals surface area (Å²) in [4.78, 5) is 2.57. The second-order valence-electron chi connectivity index (χ2n) is 8.26. The molecule has 28 heavy (non-hydrogen) atoms. The zero-order valence-electron chi connectivity index (χ0n) is 16.5. The number of benzene rings is 3. The highest BCUT2D eigenvalue weighted by Gasteiger charge is 2.41. The lowest BCUT2D eigenvalue weighted by Gasteiger charge is -2.41. The van der Waals surface area contributed by atoms with Crippen LogP contribution in [-0.4, -0.2) is 41.4 Å².